The van der Waals surface area contributed by atoms with Gasteiger partial charge in [-0.3, -0.25) is 9.59 Å². The first-order valence-corrected chi connectivity index (χ1v) is 4.71. The van der Waals surface area contributed by atoms with Crippen LogP contribution in [0, 0.1) is 5.92 Å². The van der Waals surface area contributed by atoms with Gasteiger partial charge in [0, 0.05) is 18.8 Å². The van der Waals surface area contributed by atoms with Gasteiger partial charge in [-0.25, -0.2) is 0 Å². The van der Waals surface area contributed by atoms with E-state index in [1.807, 2.05) is 20.8 Å². The Balaban J connectivity index is 4.20. The summed E-state index contributed by atoms with van der Waals surface area (Å²) >= 11 is 0. The maximum Gasteiger partial charge on any atom is 0.161 e. The maximum atomic E-state index is 11.5. The zero-order valence-electron chi connectivity index (χ0n) is 8.89. The number of ketones is 2. The van der Waals surface area contributed by atoms with Crippen molar-refractivity contribution in [2.24, 2.45) is 5.92 Å². The van der Waals surface area contributed by atoms with Crippen LogP contribution in [0.5, 0.6) is 0 Å². The summed E-state index contributed by atoms with van der Waals surface area (Å²) in [5, 5.41) is 0. The highest BCUT2D eigenvalue weighted by Gasteiger charge is 2.16. The molecule has 13 heavy (non-hydrogen) atoms. The molecular weight excluding hydrogens is 164 g/mol. The Morgan fingerprint density at radius 1 is 1.38 bits per heavy atom. The Kier molecular flexibility index (Phi) is 5.28. The largest absolute Gasteiger partial charge is 0.300 e. The van der Waals surface area contributed by atoms with E-state index in [9.17, 15) is 9.59 Å². The van der Waals surface area contributed by atoms with Gasteiger partial charge in [0.05, 0.1) is 0 Å². The van der Waals surface area contributed by atoms with Crippen molar-refractivity contribution in [1.82, 2.24) is 0 Å². The van der Waals surface area contributed by atoms with Gasteiger partial charge in [-0.2, -0.15) is 0 Å². The molecule has 0 saturated carbocycles. The van der Waals surface area contributed by atoms with E-state index in [0.29, 0.717) is 12.8 Å². The van der Waals surface area contributed by atoms with Gasteiger partial charge >= 0.3 is 0 Å². The molecule has 1 atom stereocenters. The average Bonchev–Trinajstić information content (AvgIpc) is 2.14. The van der Waals surface area contributed by atoms with E-state index in [2.05, 4.69) is 0 Å². The third kappa shape index (κ3) is 4.02. The Labute approximate surface area is 80.0 Å². The molecule has 0 rings (SSSR count). The highest BCUT2D eigenvalue weighted by molar-refractivity contribution is 5.98. The number of carbonyl (C=O) groups excluding carboxylic acids is 2. The molecule has 0 spiro atoms. The van der Waals surface area contributed by atoms with Crippen molar-refractivity contribution in [3.63, 3.8) is 0 Å². The van der Waals surface area contributed by atoms with Gasteiger partial charge in [0.25, 0.3) is 0 Å². The van der Waals surface area contributed by atoms with Crippen LogP contribution in [0.4, 0.5) is 0 Å². The molecule has 2 heteroatoms. The predicted octanol–water partition coefficient (Wildman–Crippen LogP) is 2.53. The second kappa shape index (κ2) is 5.68. The highest BCUT2D eigenvalue weighted by atomic mass is 16.1. The maximum absolute atomic E-state index is 11.5. The summed E-state index contributed by atoms with van der Waals surface area (Å²) in [6.45, 7) is 7.25. The van der Waals surface area contributed by atoms with Crippen molar-refractivity contribution in [2.45, 2.75) is 40.5 Å². The molecular formula is C11H18O2. The molecule has 0 aliphatic carbocycles. The van der Waals surface area contributed by atoms with Crippen molar-refractivity contribution in [3.05, 3.63) is 11.6 Å². The van der Waals surface area contributed by atoms with Crippen LogP contribution in [-0.4, -0.2) is 11.6 Å². The molecule has 0 bridgehead atoms. The van der Waals surface area contributed by atoms with Crippen molar-refractivity contribution in [2.75, 3.05) is 0 Å². The molecule has 0 N–H and O–H groups in total. The van der Waals surface area contributed by atoms with Crippen LogP contribution in [0.15, 0.2) is 11.6 Å². The van der Waals surface area contributed by atoms with Crippen molar-refractivity contribution < 1.29 is 9.59 Å². The Hall–Kier alpha value is -0.920. The quantitative estimate of drug-likeness (QED) is 0.612. The first-order valence-electron chi connectivity index (χ1n) is 4.71. The van der Waals surface area contributed by atoms with Crippen LogP contribution in [0.25, 0.3) is 0 Å². The van der Waals surface area contributed by atoms with Crippen LogP contribution in [0.2, 0.25) is 0 Å². The lowest BCUT2D eigenvalue weighted by Gasteiger charge is -2.08. The fourth-order valence-electron chi connectivity index (χ4n) is 1.11. The van der Waals surface area contributed by atoms with Gasteiger partial charge < -0.3 is 0 Å². The second-order valence-electron chi connectivity index (χ2n) is 3.33. The van der Waals surface area contributed by atoms with E-state index in [1.54, 1.807) is 13.0 Å². The van der Waals surface area contributed by atoms with Crippen molar-refractivity contribution >= 4 is 11.6 Å². The number of Topliss-reactive ketones (excluding diaryl/α,β-unsaturated/α-hetero) is 2. The van der Waals surface area contributed by atoms with Crippen molar-refractivity contribution in [1.29, 1.82) is 0 Å². The number of hydrogen-bond donors (Lipinski definition) is 0. The number of allylic oxidation sites excluding steroid dienone is 2. The van der Waals surface area contributed by atoms with Crippen LogP contribution in [0.1, 0.15) is 40.5 Å². The topological polar surface area (TPSA) is 34.1 Å². The highest BCUT2D eigenvalue weighted by Crippen LogP contribution is 2.11. The molecule has 0 radical (unpaired) electrons. The Morgan fingerprint density at radius 3 is 2.31 bits per heavy atom. The minimum Gasteiger partial charge on any atom is -0.300 e. The summed E-state index contributed by atoms with van der Waals surface area (Å²) in [5.74, 6) is 0.0812. The first kappa shape index (κ1) is 12.1. The molecule has 0 amide bonds. The third-order valence-corrected chi connectivity index (χ3v) is 2.20. The molecule has 0 aliphatic heterocycles. The predicted molar refractivity (Wildman–Crippen MR) is 53.5 cm³/mol. The standard InChI is InChI=1S/C11H18O2/c1-5-8(3)11(13)9(4)7-10(12)6-2/h5,9H,6-7H2,1-4H3. The van der Waals surface area contributed by atoms with Crippen LogP contribution >= 0.6 is 0 Å². The van der Waals surface area contributed by atoms with E-state index in [4.69, 9.17) is 0 Å². The molecule has 0 fully saturated rings. The van der Waals surface area contributed by atoms with Crippen LogP contribution < -0.4 is 0 Å². The minimum absolute atomic E-state index is 0.0873. The molecule has 0 aromatic carbocycles. The summed E-state index contributed by atoms with van der Waals surface area (Å²) in [7, 11) is 0. The average molecular weight is 182 g/mol. The Morgan fingerprint density at radius 2 is 1.92 bits per heavy atom. The summed E-state index contributed by atoms with van der Waals surface area (Å²) < 4.78 is 0. The normalized spacial score (nSPS) is 14.0. The Bertz CT molecular complexity index is 226. The molecule has 0 heterocycles. The van der Waals surface area contributed by atoms with E-state index in [1.165, 1.54) is 0 Å². The molecule has 74 valence electrons. The summed E-state index contributed by atoms with van der Waals surface area (Å²) in [5.41, 5.74) is 0.747. The summed E-state index contributed by atoms with van der Waals surface area (Å²) in [6.07, 6.45) is 2.68. The van der Waals surface area contributed by atoms with E-state index in [-0.39, 0.29) is 17.5 Å². The fourth-order valence-corrected chi connectivity index (χ4v) is 1.11. The van der Waals surface area contributed by atoms with Gasteiger partial charge in [0.15, 0.2) is 5.78 Å². The monoisotopic (exact) mass is 182 g/mol. The zero-order chi connectivity index (χ0) is 10.4. The lowest BCUT2D eigenvalue weighted by atomic mass is 9.94. The SMILES string of the molecule is CC=C(C)C(=O)C(C)CC(=O)CC. The number of rotatable bonds is 5. The van der Waals surface area contributed by atoms with E-state index < -0.39 is 0 Å². The summed E-state index contributed by atoms with van der Waals surface area (Å²) in [6, 6.07) is 0. The van der Waals surface area contributed by atoms with Gasteiger partial charge in [-0.15, -0.1) is 0 Å². The molecule has 1 unspecified atom stereocenters. The summed E-state index contributed by atoms with van der Waals surface area (Å²) in [4.78, 5) is 22.6. The van der Waals surface area contributed by atoms with Gasteiger partial charge in [0.2, 0.25) is 0 Å². The van der Waals surface area contributed by atoms with Crippen LogP contribution in [0.3, 0.4) is 0 Å². The fraction of sp³-hybridized carbons (Fsp3) is 0.636. The van der Waals surface area contributed by atoms with Gasteiger partial charge in [-0.1, -0.05) is 19.9 Å². The molecule has 0 aliphatic rings. The minimum atomic E-state index is -0.163. The first-order chi connectivity index (χ1) is 6.02. The number of hydrogen-bond acceptors (Lipinski definition) is 2. The van der Waals surface area contributed by atoms with Gasteiger partial charge in [-0.05, 0) is 19.4 Å². The molecule has 0 aromatic rings. The smallest absolute Gasteiger partial charge is 0.161 e. The molecule has 0 saturated heterocycles. The van der Waals surface area contributed by atoms with E-state index in [0.717, 1.165) is 5.57 Å². The van der Waals surface area contributed by atoms with Gasteiger partial charge in [0.1, 0.15) is 5.78 Å². The second-order valence-corrected chi connectivity index (χ2v) is 3.33. The van der Waals surface area contributed by atoms with Crippen LogP contribution in [-0.2, 0) is 9.59 Å². The van der Waals surface area contributed by atoms with Crippen molar-refractivity contribution in [3.8, 4) is 0 Å². The lowest BCUT2D eigenvalue weighted by molar-refractivity contribution is -0.125. The molecule has 2 nitrogen and oxygen atoms in total. The number of carbonyl (C=O) groups is 2. The third-order valence-electron chi connectivity index (χ3n) is 2.20. The molecule has 0 aromatic heterocycles. The lowest BCUT2D eigenvalue weighted by Crippen LogP contribution is -2.15. The zero-order valence-corrected chi connectivity index (χ0v) is 8.89. The van der Waals surface area contributed by atoms with E-state index >= 15 is 0 Å².